The van der Waals surface area contributed by atoms with E-state index in [-0.39, 0.29) is 6.42 Å². The minimum atomic E-state index is -0.768. The predicted octanol–water partition coefficient (Wildman–Crippen LogP) is 3.84. The van der Waals surface area contributed by atoms with Crippen molar-refractivity contribution in [3.8, 4) is 10.6 Å². The molecule has 1 aromatic heterocycles. The zero-order valence-corrected chi connectivity index (χ0v) is 14.1. The van der Waals surface area contributed by atoms with Gasteiger partial charge in [0.25, 0.3) is 0 Å². The second kappa shape index (κ2) is 7.51. The number of aromatic nitrogens is 1. The summed E-state index contributed by atoms with van der Waals surface area (Å²) in [6.45, 7) is 5.58. The molecule has 2 aromatic rings. The SMILES string of the molecule is CC(C)c1ccc(-c2nc(CN(C)CCC(=O)O)cs2)cc1. The van der Waals surface area contributed by atoms with E-state index in [1.54, 1.807) is 11.3 Å². The molecule has 5 heteroatoms. The number of thiazole rings is 1. The average molecular weight is 318 g/mol. The van der Waals surface area contributed by atoms with Gasteiger partial charge in [-0.1, -0.05) is 38.1 Å². The predicted molar refractivity (Wildman–Crippen MR) is 90.2 cm³/mol. The van der Waals surface area contributed by atoms with Gasteiger partial charge in [-0.2, -0.15) is 0 Å². The summed E-state index contributed by atoms with van der Waals surface area (Å²) >= 11 is 1.63. The molecule has 0 bridgehead atoms. The van der Waals surface area contributed by atoms with E-state index >= 15 is 0 Å². The smallest absolute Gasteiger partial charge is 0.304 e. The van der Waals surface area contributed by atoms with Crippen molar-refractivity contribution in [2.45, 2.75) is 32.7 Å². The lowest BCUT2D eigenvalue weighted by Crippen LogP contribution is -2.21. The van der Waals surface area contributed by atoms with Crippen molar-refractivity contribution in [3.63, 3.8) is 0 Å². The number of carbonyl (C=O) groups is 1. The molecule has 0 fully saturated rings. The van der Waals surface area contributed by atoms with Crippen LogP contribution < -0.4 is 0 Å². The van der Waals surface area contributed by atoms with Gasteiger partial charge in [0.1, 0.15) is 5.01 Å². The van der Waals surface area contributed by atoms with Gasteiger partial charge in [0.2, 0.25) is 0 Å². The fourth-order valence-electron chi connectivity index (χ4n) is 2.16. The van der Waals surface area contributed by atoms with Crippen LogP contribution in [0.4, 0.5) is 0 Å². The maximum Gasteiger partial charge on any atom is 0.304 e. The van der Waals surface area contributed by atoms with Gasteiger partial charge in [-0.05, 0) is 18.5 Å². The normalized spacial score (nSPS) is 11.3. The molecular weight excluding hydrogens is 296 g/mol. The average Bonchev–Trinajstić information content (AvgIpc) is 2.93. The molecule has 0 saturated heterocycles. The number of hydrogen-bond acceptors (Lipinski definition) is 4. The van der Waals surface area contributed by atoms with Crippen molar-refractivity contribution < 1.29 is 9.90 Å². The Bertz CT molecular complexity index is 620. The van der Waals surface area contributed by atoms with E-state index in [0.29, 0.717) is 19.0 Å². The van der Waals surface area contributed by atoms with Gasteiger partial charge in [0, 0.05) is 24.0 Å². The van der Waals surface area contributed by atoms with Crippen LogP contribution in [0.2, 0.25) is 0 Å². The van der Waals surface area contributed by atoms with E-state index in [4.69, 9.17) is 5.11 Å². The van der Waals surface area contributed by atoms with Crippen LogP contribution >= 0.6 is 11.3 Å². The number of carboxylic acids is 1. The molecule has 0 aliphatic heterocycles. The molecule has 0 aliphatic carbocycles. The molecular formula is C17H22N2O2S. The highest BCUT2D eigenvalue weighted by molar-refractivity contribution is 7.13. The number of rotatable bonds is 7. The second-order valence-corrected chi connectivity index (χ2v) is 6.66. The third kappa shape index (κ3) is 4.64. The van der Waals surface area contributed by atoms with Gasteiger partial charge in [-0.3, -0.25) is 9.69 Å². The second-order valence-electron chi connectivity index (χ2n) is 5.80. The summed E-state index contributed by atoms with van der Waals surface area (Å²) in [5, 5.41) is 11.8. The van der Waals surface area contributed by atoms with Crippen LogP contribution in [-0.2, 0) is 11.3 Å². The standard InChI is InChI=1S/C17H22N2O2S/c1-12(2)13-4-6-14(7-5-13)17-18-15(11-22-17)10-19(3)9-8-16(20)21/h4-7,11-12H,8-10H2,1-3H3,(H,20,21). The van der Waals surface area contributed by atoms with Crippen molar-refractivity contribution in [2.24, 2.45) is 0 Å². The molecule has 0 spiro atoms. The van der Waals surface area contributed by atoms with Crippen LogP contribution in [0.15, 0.2) is 29.6 Å². The molecule has 0 atom stereocenters. The van der Waals surface area contributed by atoms with Crippen LogP contribution in [-0.4, -0.2) is 34.6 Å². The van der Waals surface area contributed by atoms with Crippen LogP contribution in [0.1, 0.15) is 37.4 Å². The van der Waals surface area contributed by atoms with Gasteiger partial charge in [-0.25, -0.2) is 4.98 Å². The molecule has 2 rings (SSSR count). The molecule has 22 heavy (non-hydrogen) atoms. The summed E-state index contributed by atoms with van der Waals surface area (Å²) in [5.41, 5.74) is 3.45. The number of hydrogen-bond donors (Lipinski definition) is 1. The topological polar surface area (TPSA) is 53.4 Å². The van der Waals surface area contributed by atoms with Crippen LogP contribution in [0.3, 0.4) is 0 Å². The zero-order chi connectivity index (χ0) is 16.1. The van der Waals surface area contributed by atoms with Crippen molar-refractivity contribution in [3.05, 3.63) is 40.9 Å². The van der Waals surface area contributed by atoms with Gasteiger partial charge < -0.3 is 5.11 Å². The Morgan fingerprint density at radius 1 is 1.32 bits per heavy atom. The number of nitrogens with zero attached hydrogens (tertiary/aromatic N) is 2. The van der Waals surface area contributed by atoms with Crippen molar-refractivity contribution in [1.29, 1.82) is 0 Å². The van der Waals surface area contributed by atoms with Gasteiger partial charge in [0.05, 0.1) is 12.1 Å². The molecule has 118 valence electrons. The lowest BCUT2D eigenvalue weighted by Gasteiger charge is -2.13. The van der Waals surface area contributed by atoms with E-state index in [2.05, 4.69) is 43.1 Å². The maximum absolute atomic E-state index is 10.6. The molecule has 4 nitrogen and oxygen atoms in total. The summed E-state index contributed by atoms with van der Waals surface area (Å²) < 4.78 is 0. The summed E-state index contributed by atoms with van der Waals surface area (Å²) in [4.78, 5) is 17.2. The van der Waals surface area contributed by atoms with E-state index in [1.807, 2.05) is 17.3 Å². The first kappa shape index (κ1) is 16.6. The highest BCUT2D eigenvalue weighted by Crippen LogP contribution is 2.26. The number of aliphatic carboxylic acids is 1. The summed E-state index contributed by atoms with van der Waals surface area (Å²) in [5.74, 6) is -0.236. The van der Waals surface area contributed by atoms with Crippen LogP contribution in [0.25, 0.3) is 10.6 Å². The van der Waals surface area contributed by atoms with E-state index in [9.17, 15) is 4.79 Å². The fraction of sp³-hybridized carbons (Fsp3) is 0.412. The Morgan fingerprint density at radius 2 is 2.00 bits per heavy atom. The van der Waals surface area contributed by atoms with Gasteiger partial charge >= 0.3 is 5.97 Å². The molecule has 0 aliphatic rings. The van der Waals surface area contributed by atoms with E-state index in [1.165, 1.54) is 5.56 Å². The van der Waals surface area contributed by atoms with Crippen LogP contribution in [0.5, 0.6) is 0 Å². The van der Waals surface area contributed by atoms with Crippen molar-refractivity contribution in [2.75, 3.05) is 13.6 Å². The minimum Gasteiger partial charge on any atom is -0.481 e. The summed E-state index contributed by atoms with van der Waals surface area (Å²) in [6.07, 6.45) is 0.157. The first-order chi connectivity index (χ1) is 10.5. The summed E-state index contributed by atoms with van der Waals surface area (Å²) in [6, 6.07) is 8.54. The first-order valence-corrected chi connectivity index (χ1v) is 8.28. The van der Waals surface area contributed by atoms with E-state index < -0.39 is 5.97 Å². The molecule has 1 N–H and O–H groups in total. The van der Waals surface area contributed by atoms with Crippen LogP contribution in [0, 0.1) is 0 Å². The van der Waals surface area contributed by atoms with Crippen molar-refractivity contribution >= 4 is 17.3 Å². The van der Waals surface area contributed by atoms with Crippen molar-refractivity contribution in [1.82, 2.24) is 9.88 Å². The molecule has 0 saturated carbocycles. The Balaban J connectivity index is 2.00. The monoisotopic (exact) mass is 318 g/mol. The fourth-order valence-corrected chi connectivity index (χ4v) is 2.98. The quantitative estimate of drug-likeness (QED) is 0.842. The third-order valence-corrected chi connectivity index (χ3v) is 4.46. The molecule has 0 unspecified atom stereocenters. The minimum absolute atomic E-state index is 0.157. The lowest BCUT2D eigenvalue weighted by molar-refractivity contribution is -0.137. The molecule has 0 amide bonds. The molecule has 0 radical (unpaired) electrons. The highest BCUT2D eigenvalue weighted by Gasteiger charge is 2.09. The molecule has 1 aromatic carbocycles. The largest absolute Gasteiger partial charge is 0.481 e. The number of carboxylic acid groups (broad SMARTS) is 1. The Kier molecular flexibility index (Phi) is 5.69. The van der Waals surface area contributed by atoms with Gasteiger partial charge in [0.15, 0.2) is 0 Å². The first-order valence-electron chi connectivity index (χ1n) is 7.40. The Morgan fingerprint density at radius 3 is 2.59 bits per heavy atom. The Labute approximate surface area is 135 Å². The lowest BCUT2D eigenvalue weighted by atomic mass is 10.0. The maximum atomic E-state index is 10.6. The Hall–Kier alpha value is -1.72. The number of benzene rings is 1. The van der Waals surface area contributed by atoms with E-state index in [0.717, 1.165) is 16.3 Å². The van der Waals surface area contributed by atoms with Gasteiger partial charge in [-0.15, -0.1) is 11.3 Å². The summed E-state index contributed by atoms with van der Waals surface area (Å²) in [7, 11) is 1.92. The molecule has 1 heterocycles. The highest BCUT2D eigenvalue weighted by atomic mass is 32.1. The zero-order valence-electron chi connectivity index (χ0n) is 13.2. The third-order valence-electron chi connectivity index (χ3n) is 3.52.